The van der Waals surface area contributed by atoms with Crippen LogP contribution in [0.15, 0.2) is 48.5 Å². The van der Waals surface area contributed by atoms with Crippen molar-refractivity contribution in [2.75, 3.05) is 29.9 Å². The van der Waals surface area contributed by atoms with E-state index < -0.39 is 0 Å². The molecule has 0 aliphatic carbocycles. The molecule has 1 aliphatic heterocycles. The lowest BCUT2D eigenvalue weighted by Crippen LogP contribution is -2.37. The minimum absolute atomic E-state index is 0.0298. The number of halogens is 1. The maximum Gasteiger partial charge on any atom is 0.325 e. The Balaban J connectivity index is 1.59. The van der Waals surface area contributed by atoms with Crippen molar-refractivity contribution in [2.45, 2.75) is 19.8 Å². The van der Waals surface area contributed by atoms with Gasteiger partial charge in [-0.3, -0.25) is 9.69 Å². The van der Waals surface area contributed by atoms with E-state index in [-0.39, 0.29) is 18.5 Å². The first kappa shape index (κ1) is 18.3. The Kier molecular flexibility index (Phi) is 5.47. The Morgan fingerprint density at radius 3 is 2.35 bits per heavy atom. The summed E-state index contributed by atoms with van der Waals surface area (Å²) < 4.78 is 0. The van der Waals surface area contributed by atoms with Crippen LogP contribution in [0.5, 0.6) is 0 Å². The Morgan fingerprint density at radius 2 is 1.73 bits per heavy atom. The van der Waals surface area contributed by atoms with Gasteiger partial charge in [0.05, 0.1) is 0 Å². The van der Waals surface area contributed by atoms with Gasteiger partial charge in [0.25, 0.3) is 0 Å². The molecular formula is C20H22ClN3O2. The van der Waals surface area contributed by atoms with Crippen LogP contribution in [0.3, 0.4) is 0 Å². The fraction of sp³-hybridized carbons (Fsp3) is 0.300. The lowest BCUT2D eigenvalue weighted by Gasteiger charge is -2.19. The molecule has 1 saturated heterocycles. The Labute approximate surface area is 158 Å². The predicted molar refractivity (Wildman–Crippen MR) is 105 cm³/mol. The fourth-order valence-corrected chi connectivity index (χ4v) is 3.04. The number of rotatable bonds is 5. The maximum atomic E-state index is 12.6. The Hall–Kier alpha value is -2.53. The van der Waals surface area contributed by atoms with Crippen LogP contribution < -0.4 is 10.2 Å². The number of hydrogen-bond donors (Lipinski definition) is 1. The third-order valence-corrected chi connectivity index (χ3v) is 4.68. The summed E-state index contributed by atoms with van der Waals surface area (Å²) >= 11 is 5.83. The number of hydrogen-bond acceptors (Lipinski definition) is 2. The third-order valence-electron chi connectivity index (χ3n) is 4.43. The molecule has 0 spiro atoms. The van der Waals surface area contributed by atoms with Crippen molar-refractivity contribution in [1.29, 1.82) is 0 Å². The second-order valence-corrected chi connectivity index (χ2v) is 7.09. The normalized spacial score (nSPS) is 14.2. The summed E-state index contributed by atoms with van der Waals surface area (Å²) in [5, 5.41) is 3.39. The van der Waals surface area contributed by atoms with E-state index in [1.807, 2.05) is 24.3 Å². The van der Waals surface area contributed by atoms with Crippen LogP contribution in [-0.2, 0) is 4.79 Å². The lowest BCUT2D eigenvalue weighted by molar-refractivity contribution is -0.116. The first-order valence-corrected chi connectivity index (χ1v) is 9.03. The van der Waals surface area contributed by atoms with Gasteiger partial charge in [-0.2, -0.15) is 0 Å². The SMILES string of the molecule is CC(C)c1ccc(N2CCN(CC(=O)Nc3ccc(Cl)cc3)C2=O)cc1. The van der Waals surface area contributed by atoms with Crippen LogP contribution in [-0.4, -0.2) is 36.5 Å². The first-order valence-electron chi connectivity index (χ1n) is 8.66. The molecule has 1 aliphatic rings. The zero-order valence-electron chi connectivity index (χ0n) is 14.9. The van der Waals surface area contributed by atoms with Crippen molar-refractivity contribution in [3.63, 3.8) is 0 Å². The molecule has 0 unspecified atom stereocenters. The molecule has 2 aromatic carbocycles. The molecule has 0 bridgehead atoms. The van der Waals surface area contributed by atoms with Crippen LogP contribution in [0.25, 0.3) is 0 Å². The van der Waals surface area contributed by atoms with Crippen LogP contribution >= 0.6 is 11.6 Å². The molecule has 0 saturated carbocycles. The highest BCUT2D eigenvalue weighted by molar-refractivity contribution is 6.30. The van der Waals surface area contributed by atoms with Crippen molar-refractivity contribution in [3.8, 4) is 0 Å². The van der Waals surface area contributed by atoms with Gasteiger partial charge in [0.2, 0.25) is 5.91 Å². The minimum atomic E-state index is -0.224. The Morgan fingerprint density at radius 1 is 1.08 bits per heavy atom. The summed E-state index contributed by atoms with van der Waals surface area (Å²) in [5.74, 6) is 0.226. The monoisotopic (exact) mass is 371 g/mol. The van der Waals surface area contributed by atoms with Crippen LogP contribution in [0.4, 0.5) is 16.2 Å². The van der Waals surface area contributed by atoms with Gasteiger partial charge in [-0.15, -0.1) is 0 Å². The van der Waals surface area contributed by atoms with Gasteiger partial charge >= 0.3 is 6.03 Å². The second kappa shape index (κ2) is 7.79. The first-order chi connectivity index (χ1) is 12.4. The number of nitrogens with one attached hydrogen (secondary N) is 1. The molecule has 1 N–H and O–H groups in total. The summed E-state index contributed by atoms with van der Waals surface area (Å²) in [6.07, 6.45) is 0. The molecule has 3 amide bonds. The molecule has 136 valence electrons. The molecular weight excluding hydrogens is 350 g/mol. The standard InChI is InChI=1S/C20H22ClN3O2/c1-14(2)15-3-9-18(10-4-15)24-12-11-23(20(24)26)13-19(25)22-17-7-5-16(21)6-8-17/h3-10,14H,11-13H2,1-2H3,(H,22,25). The largest absolute Gasteiger partial charge is 0.325 e. The number of carbonyl (C=O) groups is 2. The van der Waals surface area contributed by atoms with Crippen molar-refractivity contribution in [1.82, 2.24) is 4.90 Å². The number of carbonyl (C=O) groups excluding carboxylic acids is 2. The fourth-order valence-electron chi connectivity index (χ4n) is 2.92. The van der Waals surface area contributed by atoms with Gasteiger partial charge in [-0.25, -0.2) is 4.79 Å². The van der Waals surface area contributed by atoms with Crippen molar-refractivity contribution in [3.05, 3.63) is 59.1 Å². The molecule has 0 aromatic heterocycles. The van der Waals surface area contributed by atoms with E-state index in [0.29, 0.717) is 29.7 Å². The van der Waals surface area contributed by atoms with E-state index in [1.54, 1.807) is 34.1 Å². The molecule has 0 radical (unpaired) electrons. The van der Waals surface area contributed by atoms with Crippen LogP contribution in [0, 0.1) is 0 Å². The minimum Gasteiger partial charge on any atom is -0.325 e. The summed E-state index contributed by atoms with van der Waals surface area (Å²) in [7, 11) is 0. The number of anilines is 2. The smallest absolute Gasteiger partial charge is 0.325 e. The Bertz CT molecular complexity index is 788. The van der Waals surface area contributed by atoms with Gasteiger partial charge < -0.3 is 10.2 Å². The van der Waals surface area contributed by atoms with Gasteiger partial charge in [-0.05, 0) is 47.9 Å². The van der Waals surface area contributed by atoms with Crippen molar-refractivity contribution >= 4 is 34.9 Å². The highest BCUT2D eigenvalue weighted by atomic mass is 35.5. The van der Waals surface area contributed by atoms with E-state index >= 15 is 0 Å². The molecule has 1 fully saturated rings. The average Bonchev–Trinajstić information content (AvgIpc) is 2.97. The lowest BCUT2D eigenvalue weighted by atomic mass is 10.0. The summed E-state index contributed by atoms with van der Waals surface area (Å²) in [6.45, 7) is 5.41. The zero-order chi connectivity index (χ0) is 18.7. The average molecular weight is 372 g/mol. The van der Waals surface area contributed by atoms with Gasteiger partial charge in [0.1, 0.15) is 6.54 Å². The molecule has 3 rings (SSSR count). The van der Waals surface area contributed by atoms with Crippen LogP contribution in [0.1, 0.15) is 25.3 Å². The van der Waals surface area contributed by atoms with Gasteiger partial charge in [0.15, 0.2) is 0 Å². The van der Waals surface area contributed by atoms with E-state index in [1.165, 1.54) is 5.56 Å². The molecule has 5 nitrogen and oxygen atoms in total. The van der Waals surface area contributed by atoms with Gasteiger partial charge in [0, 0.05) is 29.5 Å². The molecule has 1 heterocycles. The van der Waals surface area contributed by atoms with Gasteiger partial charge in [-0.1, -0.05) is 37.6 Å². The zero-order valence-corrected chi connectivity index (χ0v) is 15.7. The number of benzene rings is 2. The second-order valence-electron chi connectivity index (χ2n) is 6.66. The van der Waals surface area contributed by atoms with E-state index in [0.717, 1.165) is 5.69 Å². The number of amides is 3. The molecule has 6 heteroatoms. The van der Waals surface area contributed by atoms with E-state index in [9.17, 15) is 9.59 Å². The van der Waals surface area contributed by atoms with Crippen LogP contribution in [0.2, 0.25) is 5.02 Å². The topological polar surface area (TPSA) is 52.6 Å². The van der Waals surface area contributed by atoms with E-state index in [2.05, 4.69) is 19.2 Å². The highest BCUT2D eigenvalue weighted by Gasteiger charge is 2.30. The summed E-state index contributed by atoms with van der Waals surface area (Å²) in [4.78, 5) is 28.1. The summed E-state index contributed by atoms with van der Waals surface area (Å²) in [5.41, 5.74) is 2.76. The number of urea groups is 1. The van der Waals surface area contributed by atoms with E-state index in [4.69, 9.17) is 11.6 Å². The maximum absolute atomic E-state index is 12.6. The summed E-state index contributed by atoms with van der Waals surface area (Å²) in [6, 6.07) is 14.8. The quantitative estimate of drug-likeness (QED) is 0.849. The van der Waals surface area contributed by atoms with Crippen molar-refractivity contribution < 1.29 is 9.59 Å². The predicted octanol–water partition coefficient (Wildman–Crippen LogP) is 4.34. The molecule has 0 atom stereocenters. The molecule has 26 heavy (non-hydrogen) atoms. The highest BCUT2D eigenvalue weighted by Crippen LogP contribution is 2.23. The number of nitrogens with zero attached hydrogens (tertiary/aromatic N) is 2. The third kappa shape index (κ3) is 4.17. The molecule has 2 aromatic rings. The van der Waals surface area contributed by atoms with Crippen molar-refractivity contribution in [2.24, 2.45) is 0 Å².